The van der Waals surface area contributed by atoms with E-state index in [-0.39, 0.29) is 0 Å². The molecule has 7 heteroatoms. The highest BCUT2D eigenvalue weighted by molar-refractivity contribution is 7.98. The zero-order chi connectivity index (χ0) is 15.4. The molecule has 2 heterocycles. The van der Waals surface area contributed by atoms with Crippen LogP contribution in [0.15, 0.2) is 47.6 Å². The highest BCUT2D eigenvalue weighted by atomic mass is 32.2. The Labute approximate surface area is 135 Å². The first-order chi connectivity index (χ1) is 10.7. The predicted molar refractivity (Wildman–Crippen MR) is 86.5 cm³/mol. The van der Waals surface area contributed by atoms with E-state index in [9.17, 15) is 4.79 Å². The standard InChI is InChI=1S/C15H13N3O2S2/c19-14(20)12-7-6-11(22-12)9-21-15-16-13(17-18-15)8-10-4-2-1-3-5-10/h1-7H,8-9H2,(H,19,20)(H,16,17,18). The van der Waals surface area contributed by atoms with Crippen molar-refractivity contribution in [2.45, 2.75) is 17.3 Å². The summed E-state index contributed by atoms with van der Waals surface area (Å²) in [5.41, 5.74) is 1.18. The average molecular weight is 331 g/mol. The number of aromatic nitrogens is 3. The molecule has 5 nitrogen and oxygen atoms in total. The third kappa shape index (κ3) is 3.75. The van der Waals surface area contributed by atoms with E-state index in [2.05, 4.69) is 27.3 Å². The second-order valence-electron chi connectivity index (χ2n) is 4.59. The number of carboxylic acids is 1. The molecule has 2 aromatic heterocycles. The van der Waals surface area contributed by atoms with Crippen LogP contribution in [-0.4, -0.2) is 26.3 Å². The number of carbonyl (C=O) groups is 1. The zero-order valence-corrected chi connectivity index (χ0v) is 13.2. The maximum absolute atomic E-state index is 10.8. The fourth-order valence-electron chi connectivity index (χ4n) is 1.92. The lowest BCUT2D eigenvalue weighted by molar-refractivity contribution is 0.0702. The minimum atomic E-state index is -0.885. The van der Waals surface area contributed by atoms with E-state index in [0.717, 1.165) is 17.1 Å². The minimum absolute atomic E-state index is 0.357. The fraction of sp³-hybridized carbons (Fsp3) is 0.133. The number of thioether (sulfide) groups is 1. The van der Waals surface area contributed by atoms with Crippen molar-refractivity contribution in [1.82, 2.24) is 15.2 Å². The molecule has 22 heavy (non-hydrogen) atoms. The summed E-state index contributed by atoms with van der Waals surface area (Å²) in [6.07, 6.45) is 0.719. The highest BCUT2D eigenvalue weighted by Gasteiger charge is 2.09. The number of H-pyrrole nitrogens is 1. The van der Waals surface area contributed by atoms with Gasteiger partial charge in [0, 0.05) is 17.1 Å². The van der Waals surface area contributed by atoms with Gasteiger partial charge in [0.1, 0.15) is 10.7 Å². The van der Waals surface area contributed by atoms with Gasteiger partial charge in [0.25, 0.3) is 0 Å². The molecule has 0 saturated heterocycles. The number of carboxylic acid groups (broad SMARTS) is 1. The molecule has 112 valence electrons. The zero-order valence-electron chi connectivity index (χ0n) is 11.5. The van der Waals surface area contributed by atoms with E-state index in [4.69, 9.17) is 5.11 Å². The summed E-state index contributed by atoms with van der Waals surface area (Å²) in [5, 5.41) is 16.7. The average Bonchev–Trinajstić information content (AvgIpc) is 3.15. The van der Waals surface area contributed by atoms with E-state index in [1.807, 2.05) is 24.3 Å². The van der Waals surface area contributed by atoms with Crippen LogP contribution >= 0.6 is 23.1 Å². The van der Waals surface area contributed by atoms with Gasteiger partial charge in [-0.05, 0) is 17.7 Å². The van der Waals surface area contributed by atoms with E-state index in [0.29, 0.717) is 15.8 Å². The Bertz CT molecular complexity index is 768. The molecule has 0 aliphatic carbocycles. The Morgan fingerprint density at radius 3 is 2.77 bits per heavy atom. The molecule has 3 rings (SSSR count). The molecule has 0 radical (unpaired) electrons. The number of nitrogens with one attached hydrogen (secondary N) is 1. The molecule has 1 aromatic carbocycles. The van der Waals surface area contributed by atoms with Crippen LogP contribution in [0, 0.1) is 0 Å². The Hall–Kier alpha value is -2.12. The largest absolute Gasteiger partial charge is 0.477 e. The van der Waals surface area contributed by atoms with Gasteiger partial charge < -0.3 is 5.11 Å². The fourth-order valence-corrected chi connectivity index (χ4v) is 3.62. The summed E-state index contributed by atoms with van der Waals surface area (Å²) >= 11 is 2.78. The molecule has 0 spiro atoms. The van der Waals surface area contributed by atoms with Crippen LogP contribution in [0.4, 0.5) is 0 Å². The van der Waals surface area contributed by atoms with Crippen molar-refractivity contribution in [3.05, 3.63) is 63.6 Å². The highest BCUT2D eigenvalue weighted by Crippen LogP contribution is 2.25. The van der Waals surface area contributed by atoms with Crippen LogP contribution in [0.25, 0.3) is 0 Å². The molecule has 0 bridgehead atoms. The Morgan fingerprint density at radius 2 is 2.05 bits per heavy atom. The molecule has 0 saturated carbocycles. The van der Waals surface area contributed by atoms with Gasteiger partial charge in [-0.25, -0.2) is 9.78 Å². The van der Waals surface area contributed by atoms with Gasteiger partial charge in [-0.1, -0.05) is 42.1 Å². The Kier molecular flexibility index (Phi) is 4.55. The first-order valence-electron chi connectivity index (χ1n) is 6.61. The number of aromatic carboxylic acids is 1. The monoisotopic (exact) mass is 331 g/mol. The van der Waals surface area contributed by atoms with Crippen molar-refractivity contribution in [2.75, 3.05) is 0 Å². The number of hydrogen-bond acceptors (Lipinski definition) is 5. The molecule has 0 aliphatic rings. The van der Waals surface area contributed by atoms with Crippen LogP contribution in [-0.2, 0) is 12.2 Å². The van der Waals surface area contributed by atoms with Crippen LogP contribution in [0.1, 0.15) is 25.9 Å². The third-order valence-corrected chi connectivity index (χ3v) is 5.09. The summed E-state index contributed by atoms with van der Waals surface area (Å²) in [5.74, 6) is 0.607. The van der Waals surface area contributed by atoms with Crippen molar-refractivity contribution < 1.29 is 9.90 Å². The van der Waals surface area contributed by atoms with Crippen molar-refractivity contribution >= 4 is 29.1 Å². The van der Waals surface area contributed by atoms with Gasteiger partial charge >= 0.3 is 5.97 Å². The molecule has 2 N–H and O–H groups in total. The van der Waals surface area contributed by atoms with Crippen molar-refractivity contribution in [1.29, 1.82) is 0 Å². The van der Waals surface area contributed by atoms with Crippen LogP contribution in [0.5, 0.6) is 0 Å². The van der Waals surface area contributed by atoms with Gasteiger partial charge in [-0.3, -0.25) is 5.10 Å². The Morgan fingerprint density at radius 1 is 1.23 bits per heavy atom. The van der Waals surface area contributed by atoms with Crippen LogP contribution < -0.4 is 0 Å². The molecular formula is C15H13N3O2S2. The van der Waals surface area contributed by atoms with Crippen molar-refractivity contribution in [3.63, 3.8) is 0 Å². The lowest BCUT2D eigenvalue weighted by Crippen LogP contribution is -1.90. The quantitative estimate of drug-likeness (QED) is 0.676. The number of benzene rings is 1. The van der Waals surface area contributed by atoms with Gasteiger partial charge in [-0.15, -0.1) is 16.4 Å². The molecule has 0 aliphatic heterocycles. The molecule has 0 unspecified atom stereocenters. The smallest absolute Gasteiger partial charge is 0.345 e. The van der Waals surface area contributed by atoms with Crippen molar-refractivity contribution in [3.8, 4) is 0 Å². The number of nitrogens with zero attached hydrogens (tertiary/aromatic N) is 2. The summed E-state index contributed by atoms with van der Waals surface area (Å²) in [7, 11) is 0. The summed E-state index contributed by atoms with van der Waals surface area (Å²) in [6, 6.07) is 13.5. The summed E-state index contributed by atoms with van der Waals surface area (Å²) in [6.45, 7) is 0. The topological polar surface area (TPSA) is 78.9 Å². The predicted octanol–water partition coefficient (Wildman–Crippen LogP) is 3.45. The first-order valence-corrected chi connectivity index (χ1v) is 8.41. The number of aromatic amines is 1. The van der Waals surface area contributed by atoms with Gasteiger partial charge in [-0.2, -0.15) is 0 Å². The minimum Gasteiger partial charge on any atom is -0.477 e. The number of hydrogen-bond donors (Lipinski definition) is 2. The molecule has 3 aromatic rings. The lowest BCUT2D eigenvalue weighted by atomic mass is 10.1. The summed E-state index contributed by atoms with van der Waals surface area (Å²) in [4.78, 5) is 16.6. The van der Waals surface area contributed by atoms with E-state index < -0.39 is 5.97 Å². The molecular weight excluding hydrogens is 318 g/mol. The van der Waals surface area contributed by atoms with Gasteiger partial charge in [0.15, 0.2) is 0 Å². The molecule has 0 atom stereocenters. The normalized spacial score (nSPS) is 10.7. The van der Waals surface area contributed by atoms with Gasteiger partial charge in [0.2, 0.25) is 5.16 Å². The van der Waals surface area contributed by atoms with Crippen molar-refractivity contribution in [2.24, 2.45) is 0 Å². The lowest BCUT2D eigenvalue weighted by Gasteiger charge is -1.95. The maximum atomic E-state index is 10.8. The molecule has 0 fully saturated rings. The Balaban J connectivity index is 1.58. The van der Waals surface area contributed by atoms with Crippen LogP contribution in [0.3, 0.4) is 0 Å². The first kappa shape index (κ1) is 14.8. The van der Waals surface area contributed by atoms with E-state index >= 15 is 0 Å². The summed E-state index contributed by atoms with van der Waals surface area (Å²) < 4.78 is 0. The van der Waals surface area contributed by atoms with E-state index in [1.54, 1.807) is 6.07 Å². The second-order valence-corrected chi connectivity index (χ2v) is 6.70. The van der Waals surface area contributed by atoms with E-state index in [1.165, 1.54) is 28.7 Å². The third-order valence-electron chi connectivity index (χ3n) is 2.94. The molecule has 0 amide bonds. The van der Waals surface area contributed by atoms with Gasteiger partial charge in [0.05, 0.1) is 0 Å². The number of rotatable bonds is 6. The SMILES string of the molecule is O=C(O)c1ccc(CSc2n[nH]c(Cc3ccccc3)n2)s1. The van der Waals surface area contributed by atoms with Crippen LogP contribution in [0.2, 0.25) is 0 Å². The maximum Gasteiger partial charge on any atom is 0.345 e. The number of thiophene rings is 1. The second kappa shape index (κ2) is 6.76.